The number of carbonyl (C=O) groups excluding carboxylic acids is 1. The van der Waals surface area contributed by atoms with Crippen molar-refractivity contribution in [1.29, 1.82) is 0 Å². The van der Waals surface area contributed by atoms with E-state index in [0.717, 1.165) is 0 Å². The number of non-ortho nitro benzene ring substituents is 1. The molecule has 1 N–H and O–H groups in total. The minimum Gasteiger partial charge on any atom is -0.321 e. The Kier molecular flexibility index (Phi) is 4.45. The molecule has 0 atom stereocenters. The van der Waals surface area contributed by atoms with Gasteiger partial charge in [-0.2, -0.15) is 0 Å². The molecule has 0 saturated heterocycles. The number of hydrogen-bond acceptors (Lipinski definition) is 3. The monoisotopic (exact) mass is 324 g/mol. The molecule has 0 aliphatic heterocycles. The molecule has 2 aromatic rings. The summed E-state index contributed by atoms with van der Waals surface area (Å²) < 4.78 is 0. The van der Waals surface area contributed by atoms with Gasteiger partial charge in [0.25, 0.3) is 11.6 Å². The standard InChI is InChI=1S/C14H10Cl2N2O3/c1-8-2-4-10(18(20)21)7-13(8)17-14(19)11-6-9(15)3-5-12(11)16/h2-7H,1H3,(H,17,19). The van der Waals surface area contributed by atoms with Crippen molar-refractivity contribution in [2.75, 3.05) is 5.32 Å². The van der Waals surface area contributed by atoms with Gasteiger partial charge in [-0.3, -0.25) is 14.9 Å². The molecule has 2 rings (SSSR count). The van der Waals surface area contributed by atoms with E-state index in [2.05, 4.69) is 5.32 Å². The van der Waals surface area contributed by atoms with Gasteiger partial charge in [-0.15, -0.1) is 0 Å². The summed E-state index contributed by atoms with van der Waals surface area (Å²) in [5.41, 5.74) is 1.15. The van der Waals surface area contributed by atoms with Crippen LogP contribution in [0.2, 0.25) is 10.0 Å². The number of nitrogens with one attached hydrogen (secondary N) is 1. The van der Waals surface area contributed by atoms with Gasteiger partial charge in [0, 0.05) is 17.2 Å². The first kappa shape index (κ1) is 15.3. The van der Waals surface area contributed by atoms with E-state index < -0.39 is 10.8 Å². The van der Waals surface area contributed by atoms with Crippen molar-refractivity contribution in [2.45, 2.75) is 6.92 Å². The summed E-state index contributed by atoms with van der Waals surface area (Å²) >= 11 is 11.8. The molecule has 0 bridgehead atoms. The van der Waals surface area contributed by atoms with E-state index >= 15 is 0 Å². The molecular formula is C14H10Cl2N2O3. The second-order valence-corrected chi connectivity index (χ2v) is 5.18. The molecule has 5 nitrogen and oxygen atoms in total. The van der Waals surface area contributed by atoms with Crippen LogP contribution < -0.4 is 5.32 Å². The summed E-state index contributed by atoms with van der Waals surface area (Å²) in [6.45, 7) is 1.74. The average molecular weight is 325 g/mol. The van der Waals surface area contributed by atoms with E-state index in [4.69, 9.17) is 23.2 Å². The molecule has 0 saturated carbocycles. The molecule has 108 valence electrons. The topological polar surface area (TPSA) is 72.2 Å². The molecule has 0 unspecified atom stereocenters. The first-order valence-electron chi connectivity index (χ1n) is 5.90. The van der Waals surface area contributed by atoms with Crippen molar-refractivity contribution < 1.29 is 9.72 Å². The Balaban J connectivity index is 2.33. The lowest BCUT2D eigenvalue weighted by Gasteiger charge is -2.09. The largest absolute Gasteiger partial charge is 0.321 e. The highest BCUT2D eigenvalue weighted by Crippen LogP contribution is 2.25. The lowest BCUT2D eigenvalue weighted by molar-refractivity contribution is -0.384. The van der Waals surface area contributed by atoms with Crippen LogP contribution in [0, 0.1) is 17.0 Å². The zero-order chi connectivity index (χ0) is 15.6. The number of nitrogens with zero attached hydrogens (tertiary/aromatic N) is 1. The van der Waals surface area contributed by atoms with Crippen LogP contribution in [0.3, 0.4) is 0 Å². The lowest BCUT2D eigenvalue weighted by atomic mass is 10.1. The van der Waals surface area contributed by atoms with Crippen molar-refractivity contribution in [3.8, 4) is 0 Å². The second kappa shape index (κ2) is 6.11. The van der Waals surface area contributed by atoms with Crippen LogP contribution in [0.25, 0.3) is 0 Å². The molecular weight excluding hydrogens is 315 g/mol. The van der Waals surface area contributed by atoms with Crippen LogP contribution in [0.1, 0.15) is 15.9 Å². The Morgan fingerprint density at radius 1 is 1.19 bits per heavy atom. The van der Waals surface area contributed by atoms with Gasteiger partial charge in [-0.05, 0) is 30.7 Å². The smallest absolute Gasteiger partial charge is 0.271 e. The van der Waals surface area contributed by atoms with Crippen molar-refractivity contribution >= 4 is 40.5 Å². The maximum Gasteiger partial charge on any atom is 0.271 e. The summed E-state index contributed by atoms with van der Waals surface area (Å²) in [4.78, 5) is 22.4. The average Bonchev–Trinajstić information content (AvgIpc) is 2.43. The Morgan fingerprint density at radius 2 is 1.90 bits per heavy atom. The number of amides is 1. The first-order chi connectivity index (χ1) is 9.88. The Hall–Kier alpha value is -2.11. The van der Waals surface area contributed by atoms with Crippen LogP contribution in [-0.2, 0) is 0 Å². The molecule has 0 aromatic heterocycles. The molecule has 1 amide bonds. The van der Waals surface area contributed by atoms with E-state index in [1.54, 1.807) is 19.1 Å². The first-order valence-corrected chi connectivity index (χ1v) is 6.65. The fourth-order valence-corrected chi connectivity index (χ4v) is 2.09. The summed E-state index contributed by atoms with van der Waals surface area (Å²) in [6, 6.07) is 8.75. The van der Waals surface area contributed by atoms with Crippen LogP contribution in [0.15, 0.2) is 36.4 Å². The number of benzene rings is 2. The van der Waals surface area contributed by atoms with Gasteiger partial charge in [0.1, 0.15) is 0 Å². The molecule has 21 heavy (non-hydrogen) atoms. The van der Waals surface area contributed by atoms with Gasteiger partial charge < -0.3 is 5.32 Å². The van der Waals surface area contributed by atoms with Crippen LogP contribution in [-0.4, -0.2) is 10.8 Å². The summed E-state index contributed by atoms with van der Waals surface area (Å²) in [5.74, 6) is -0.480. The normalized spacial score (nSPS) is 10.2. The number of nitro groups is 1. The Morgan fingerprint density at radius 3 is 2.57 bits per heavy atom. The third-order valence-corrected chi connectivity index (χ3v) is 3.42. The molecule has 0 radical (unpaired) electrons. The van der Waals surface area contributed by atoms with Gasteiger partial charge in [-0.25, -0.2) is 0 Å². The molecule has 0 heterocycles. The maximum absolute atomic E-state index is 12.2. The molecule has 0 fully saturated rings. The minimum absolute atomic E-state index is 0.104. The Labute approximate surface area is 130 Å². The van der Waals surface area contributed by atoms with E-state index in [-0.39, 0.29) is 16.3 Å². The van der Waals surface area contributed by atoms with Gasteiger partial charge in [0.2, 0.25) is 0 Å². The van der Waals surface area contributed by atoms with Crippen molar-refractivity contribution in [1.82, 2.24) is 0 Å². The summed E-state index contributed by atoms with van der Waals surface area (Å²) in [5, 5.41) is 14.0. The van der Waals surface area contributed by atoms with E-state index in [0.29, 0.717) is 16.3 Å². The number of carbonyl (C=O) groups is 1. The number of halogens is 2. The van der Waals surface area contributed by atoms with Crippen molar-refractivity contribution in [3.63, 3.8) is 0 Å². The zero-order valence-electron chi connectivity index (χ0n) is 10.9. The van der Waals surface area contributed by atoms with Crippen LogP contribution >= 0.6 is 23.2 Å². The van der Waals surface area contributed by atoms with Gasteiger partial charge in [0.05, 0.1) is 21.2 Å². The highest BCUT2D eigenvalue weighted by molar-refractivity contribution is 6.36. The second-order valence-electron chi connectivity index (χ2n) is 4.33. The highest BCUT2D eigenvalue weighted by atomic mass is 35.5. The third kappa shape index (κ3) is 3.51. The SMILES string of the molecule is Cc1ccc([N+](=O)[O-])cc1NC(=O)c1cc(Cl)ccc1Cl. The van der Waals surface area contributed by atoms with E-state index in [1.807, 2.05) is 0 Å². The highest BCUT2D eigenvalue weighted by Gasteiger charge is 2.14. The number of hydrogen-bond donors (Lipinski definition) is 1. The number of rotatable bonds is 3. The minimum atomic E-state index is -0.526. The quantitative estimate of drug-likeness (QED) is 0.669. The summed E-state index contributed by atoms with van der Waals surface area (Å²) in [6.07, 6.45) is 0. The van der Waals surface area contributed by atoms with Crippen LogP contribution in [0.4, 0.5) is 11.4 Å². The van der Waals surface area contributed by atoms with E-state index in [1.165, 1.54) is 24.3 Å². The van der Waals surface area contributed by atoms with Gasteiger partial charge in [-0.1, -0.05) is 29.3 Å². The maximum atomic E-state index is 12.2. The molecule has 0 aliphatic carbocycles. The molecule has 2 aromatic carbocycles. The number of aryl methyl sites for hydroxylation is 1. The number of nitro benzene ring substituents is 1. The lowest BCUT2D eigenvalue weighted by Crippen LogP contribution is -2.13. The predicted octanol–water partition coefficient (Wildman–Crippen LogP) is 4.46. The molecule has 7 heteroatoms. The van der Waals surface area contributed by atoms with Crippen LogP contribution in [0.5, 0.6) is 0 Å². The molecule has 0 aliphatic rings. The van der Waals surface area contributed by atoms with E-state index in [9.17, 15) is 14.9 Å². The fourth-order valence-electron chi connectivity index (χ4n) is 1.72. The Bertz CT molecular complexity index is 732. The van der Waals surface area contributed by atoms with Gasteiger partial charge in [0.15, 0.2) is 0 Å². The third-order valence-electron chi connectivity index (χ3n) is 2.85. The predicted molar refractivity (Wildman–Crippen MR) is 82.2 cm³/mol. The van der Waals surface area contributed by atoms with Gasteiger partial charge >= 0.3 is 0 Å². The molecule has 0 spiro atoms. The fraction of sp³-hybridized carbons (Fsp3) is 0.0714. The van der Waals surface area contributed by atoms with Crippen molar-refractivity contribution in [3.05, 3.63) is 67.7 Å². The number of anilines is 1. The summed E-state index contributed by atoms with van der Waals surface area (Å²) in [7, 11) is 0. The van der Waals surface area contributed by atoms with Crippen molar-refractivity contribution in [2.24, 2.45) is 0 Å². The zero-order valence-corrected chi connectivity index (χ0v) is 12.4.